The second kappa shape index (κ2) is 5.32. The number of nitrogens with zero attached hydrogens (tertiary/aromatic N) is 1. The van der Waals surface area contributed by atoms with Crippen LogP contribution in [0.5, 0.6) is 5.75 Å². The Hall–Kier alpha value is -1.75. The molecule has 5 nitrogen and oxygen atoms in total. The van der Waals surface area contributed by atoms with Crippen LogP contribution in [0.15, 0.2) is 12.1 Å². The first-order chi connectivity index (χ1) is 9.65. The van der Waals surface area contributed by atoms with Crippen molar-refractivity contribution in [3.05, 3.63) is 23.3 Å². The Morgan fingerprint density at radius 1 is 1.40 bits per heavy atom. The average molecular weight is 275 g/mol. The van der Waals surface area contributed by atoms with Gasteiger partial charge in [-0.3, -0.25) is 4.79 Å². The number of likely N-dealkylation sites (tertiary alicyclic amines) is 1. The number of rotatable bonds is 2. The summed E-state index contributed by atoms with van der Waals surface area (Å²) >= 11 is 0. The van der Waals surface area contributed by atoms with E-state index in [2.05, 4.69) is 17.3 Å². The third-order valence-electron chi connectivity index (χ3n) is 4.19. The smallest absolute Gasteiger partial charge is 0.255 e. The Labute approximate surface area is 119 Å². The highest BCUT2D eigenvalue weighted by Gasteiger charge is 2.25. The molecule has 1 fully saturated rings. The van der Waals surface area contributed by atoms with Crippen LogP contribution in [-0.2, 0) is 6.42 Å². The number of nitrogens with two attached hydrogens (primary N) is 1. The fraction of sp³-hybridized carbons (Fsp3) is 0.533. The van der Waals surface area contributed by atoms with Gasteiger partial charge in [0, 0.05) is 23.7 Å². The quantitative estimate of drug-likeness (QED) is 0.791. The Bertz CT molecular complexity index is 522. The molecule has 0 aliphatic carbocycles. The molecule has 0 aromatic heterocycles. The SMILES string of the molecule is CN1CCC(NC(=O)c2ccc(N)c3c2OCC3)CC1. The predicted molar refractivity (Wildman–Crippen MR) is 78.0 cm³/mol. The van der Waals surface area contributed by atoms with Gasteiger partial charge < -0.3 is 20.7 Å². The Morgan fingerprint density at radius 2 is 2.15 bits per heavy atom. The Balaban J connectivity index is 1.73. The van der Waals surface area contributed by atoms with E-state index in [9.17, 15) is 4.79 Å². The molecule has 3 N–H and O–H groups in total. The van der Waals surface area contributed by atoms with E-state index in [1.807, 2.05) is 0 Å². The average Bonchev–Trinajstić information content (AvgIpc) is 2.92. The van der Waals surface area contributed by atoms with Gasteiger partial charge in [0.05, 0.1) is 12.2 Å². The van der Waals surface area contributed by atoms with Crippen LogP contribution in [0.4, 0.5) is 5.69 Å². The third-order valence-corrected chi connectivity index (χ3v) is 4.19. The van der Waals surface area contributed by atoms with E-state index in [1.54, 1.807) is 12.1 Å². The van der Waals surface area contributed by atoms with Crippen molar-refractivity contribution in [3.63, 3.8) is 0 Å². The summed E-state index contributed by atoms with van der Waals surface area (Å²) in [4.78, 5) is 14.7. The number of carbonyl (C=O) groups excluding carboxylic acids is 1. The molecule has 0 spiro atoms. The summed E-state index contributed by atoms with van der Waals surface area (Å²) in [6.45, 7) is 2.67. The maximum Gasteiger partial charge on any atom is 0.255 e. The summed E-state index contributed by atoms with van der Waals surface area (Å²) in [5, 5.41) is 3.12. The van der Waals surface area contributed by atoms with Crippen LogP contribution in [0.2, 0.25) is 0 Å². The van der Waals surface area contributed by atoms with E-state index in [-0.39, 0.29) is 11.9 Å². The van der Waals surface area contributed by atoms with Crippen molar-refractivity contribution in [1.82, 2.24) is 10.2 Å². The van der Waals surface area contributed by atoms with Gasteiger partial charge in [0.25, 0.3) is 5.91 Å². The van der Waals surface area contributed by atoms with E-state index in [0.29, 0.717) is 23.6 Å². The summed E-state index contributed by atoms with van der Waals surface area (Å²) in [6, 6.07) is 3.83. The summed E-state index contributed by atoms with van der Waals surface area (Å²) in [5.74, 6) is 0.633. The number of benzene rings is 1. The minimum atomic E-state index is -0.0438. The second-order valence-electron chi connectivity index (χ2n) is 5.66. The molecule has 20 heavy (non-hydrogen) atoms. The van der Waals surface area contributed by atoms with Gasteiger partial charge in [-0.25, -0.2) is 0 Å². The van der Waals surface area contributed by atoms with E-state index >= 15 is 0 Å². The molecule has 0 radical (unpaired) electrons. The van der Waals surface area contributed by atoms with Crippen molar-refractivity contribution < 1.29 is 9.53 Å². The third kappa shape index (κ3) is 2.45. The lowest BCUT2D eigenvalue weighted by atomic mass is 10.0. The van der Waals surface area contributed by atoms with Gasteiger partial charge in [-0.15, -0.1) is 0 Å². The molecule has 2 heterocycles. The Morgan fingerprint density at radius 3 is 2.90 bits per heavy atom. The molecule has 1 aromatic rings. The number of piperidine rings is 1. The van der Waals surface area contributed by atoms with Crippen LogP contribution < -0.4 is 15.8 Å². The number of hydrogen-bond donors (Lipinski definition) is 2. The maximum absolute atomic E-state index is 12.4. The molecule has 1 amide bonds. The van der Waals surface area contributed by atoms with Crippen molar-refractivity contribution in [2.45, 2.75) is 25.3 Å². The van der Waals surface area contributed by atoms with Crippen molar-refractivity contribution in [3.8, 4) is 5.75 Å². The number of nitrogen functional groups attached to an aromatic ring is 1. The fourth-order valence-electron chi connectivity index (χ4n) is 2.92. The summed E-state index contributed by atoms with van der Waals surface area (Å²) < 4.78 is 5.59. The van der Waals surface area contributed by atoms with Crippen LogP contribution in [0.3, 0.4) is 0 Å². The first-order valence-electron chi connectivity index (χ1n) is 7.18. The van der Waals surface area contributed by atoms with Crippen LogP contribution >= 0.6 is 0 Å². The van der Waals surface area contributed by atoms with Gasteiger partial charge in [-0.2, -0.15) is 0 Å². The lowest BCUT2D eigenvalue weighted by Gasteiger charge is -2.29. The van der Waals surface area contributed by atoms with Gasteiger partial charge in [-0.05, 0) is 45.1 Å². The van der Waals surface area contributed by atoms with Crippen LogP contribution in [-0.4, -0.2) is 43.6 Å². The van der Waals surface area contributed by atoms with E-state index < -0.39 is 0 Å². The minimum Gasteiger partial charge on any atom is -0.492 e. The molecule has 3 rings (SSSR count). The van der Waals surface area contributed by atoms with Gasteiger partial charge in [0.15, 0.2) is 0 Å². The molecule has 2 aliphatic rings. The second-order valence-corrected chi connectivity index (χ2v) is 5.66. The molecule has 108 valence electrons. The number of fused-ring (bicyclic) bond motifs is 1. The molecule has 1 aromatic carbocycles. The zero-order valence-corrected chi connectivity index (χ0v) is 11.8. The number of carbonyl (C=O) groups is 1. The van der Waals surface area contributed by atoms with E-state index in [1.165, 1.54) is 0 Å². The summed E-state index contributed by atoms with van der Waals surface area (Å²) in [5.41, 5.74) is 8.23. The molecule has 0 unspecified atom stereocenters. The molecule has 0 bridgehead atoms. The highest BCUT2D eigenvalue weighted by molar-refractivity contribution is 5.98. The molecule has 2 aliphatic heterocycles. The topological polar surface area (TPSA) is 67.6 Å². The number of ether oxygens (including phenoxy) is 1. The van der Waals surface area contributed by atoms with Gasteiger partial charge in [-0.1, -0.05) is 0 Å². The first-order valence-corrected chi connectivity index (χ1v) is 7.18. The van der Waals surface area contributed by atoms with Crippen LogP contribution in [0.1, 0.15) is 28.8 Å². The molecule has 0 saturated carbocycles. The molecular weight excluding hydrogens is 254 g/mol. The summed E-state index contributed by atoms with van der Waals surface area (Å²) in [7, 11) is 2.11. The molecule has 1 saturated heterocycles. The Kier molecular flexibility index (Phi) is 3.53. The van der Waals surface area contributed by atoms with Crippen molar-refractivity contribution in [2.24, 2.45) is 0 Å². The van der Waals surface area contributed by atoms with Gasteiger partial charge in [0.2, 0.25) is 0 Å². The lowest BCUT2D eigenvalue weighted by molar-refractivity contribution is 0.0913. The number of anilines is 1. The van der Waals surface area contributed by atoms with Gasteiger partial charge >= 0.3 is 0 Å². The van der Waals surface area contributed by atoms with Gasteiger partial charge in [0.1, 0.15) is 5.75 Å². The van der Waals surface area contributed by atoms with Crippen molar-refractivity contribution >= 4 is 11.6 Å². The standard InChI is InChI=1S/C15H21N3O2/c1-18-7-4-10(5-8-18)17-15(19)12-2-3-13(16)11-6-9-20-14(11)12/h2-3,10H,4-9,16H2,1H3,(H,17,19). The molecular formula is C15H21N3O2. The first kappa shape index (κ1) is 13.2. The molecule has 0 atom stereocenters. The highest BCUT2D eigenvalue weighted by atomic mass is 16.5. The predicted octanol–water partition coefficient (Wildman–Crippen LogP) is 1.03. The largest absolute Gasteiger partial charge is 0.492 e. The van der Waals surface area contributed by atoms with E-state index in [0.717, 1.165) is 37.9 Å². The highest BCUT2D eigenvalue weighted by Crippen LogP contribution is 2.34. The van der Waals surface area contributed by atoms with Crippen molar-refractivity contribution in [1.29, 1.82) is 0 Å². The minimum absolute atomic E-state index is 0.0438. The van der Waals surface area contributed by atoms with Crippen LogP contribution in [0.25, 0.3) is 0 Å². The lowest BCUT2D eigenvalue weighted by Crippen LogP contribution is -2.43. The summed E-state index contributed by atoms with van der Waals surface area (Å²) in [6.07, 6.45) is 2.79. The number of amides is 1. The number of nitrogens with one attached hydrogen (secondary N) is 1. The molecule has 5 heteroatoms. The van der Waals surface area contributed by atoms with Crippen LogP contribution in [0, 0.1) is 0 Å². The zero-order valence-electron chi connectivity index (χ0n) is 11.8. The van der Waals surface area contributed by atoms with Crippen molar-refractivity contribution in [2.75, 3.05) is 32.5 Å². The number of hydrogen-bond acceptors (Lipinski definition) is 4. The maximum atomic E-state index is 12.4. The van der Waals surface area contributed by atoms with E-state index in [4.69, 9.17) is 10.5 Å². The fourth-order valence-corrected chi connectivity index (χ4v) is 2.92. The zero-order chi connectivity index (χ0) is 14.1. The monoisotopic (exact) mass is 275 g/mol. The normalized spacial score (nSPS) is 19.4.